The predicted molar refractivity (Wildman–Crippen MR) is 65.7 cm³/mol. The van der Waals surface area contributed by atoms with Gasteiger partial charge in [0.2, 0.25) is 0 Å². The van der Waals surface area contributed by atoms with E-state index in [4.69, 9.17) is 9.22 Å². The second-order valence-corrected chi connectivity index (χ2v) is 5.55. The average molecular weight is 332 g/mol. The largest absolute Gasteiger partial charge is 1.00 e. The molecular formula is C10H15KNO5S2+. The molecule has 0 aliphatic carbocycles. The molecule has 0 saturated heterocycles. The van der Waals surface area contributed by atoms with Gasteiger partial charge in [0.15, 0.2) is 18.1 Å². The third-order valence-corrected chi connectivity index (χ3v) is 3.11. The molecule has 1 aromatic heterocycles. The van der Waals surface area contributed by atoms with Gasteiger partial charge in [0.25, 0.3) is 0 Å². The summed E-state index contributed by atoms with van der Waals surface area (Å²) in [6.07, 6.45) is 6.34. The average Bonchev–Trinajstić information content (AvgIpc) is 2.32. The summed E-state index contributed by atoms with van der Waals surface area (Å²) in [5.41, 5.74) is 0. The van der Waals surface area contributed by atoms with E-state index in [0.717, 1.165) is 12.0 Å². The number of aryl methyl sites for hydroxylation is 1. The Morgan fingerprint density at radius 2 is 1.95 bits per heavy atom. The van der Waals surface area contributed by atoms with Gasteiger partial charge < -0.3 is 9.44 Å². The van der Waals surface area contributed by atoms with Crippen molar-refractivity contribution in [2.24, 2.45) is 0 Å². The first-order valence-corrected chi connectivity index (χ1v) is 8.04. The van der Waals surface area contributed by atoms with Crippen molar-refractivity contribution in [1.82, 2.24) is 0 Å². The fourth-order valence-electron chi connectivity index (χ4n) is 1.29. The van der Waals surface area contributed by atoms with Crippen LogP contribution in [0.4, 0.5) is 0 Å². The molecule has 1 heterocycles. The number of nitrogens with zero attached hydrogens (tertiary/aromatic N) is 1. The molecule has 0 fully saturated rings. The Bertz CT molecular complexity index is 451. The van der Waals surface area contributed by atoms with E-state index < -0.39 is 10.1 Å². The Balaban J connectivity index is 0.00000324. The van der Waals surface area contributed by atoms with Crippen LogP contribution in [0.25, 0.3) is 0 Å². The van der Waals surface area contributed by atoms with Crippen LogP contribution in [0.5, 0.6) is 5.75 Å². The van der Waals surface area contributed by atoms with Gasteiger partial charge in [-0.25, -0.2) is 13.0 Å². The SMILES string of the molecule is CSOOc1cc[n+](CCCCS(=O)(=O)[O-])cc1.[K+]. The monoisotopic (exact) mass is 332 g/mol. The van der Waals surface area contributed by atoms with Gasteiger partial charge >= 0.3 is 51.4 Å². The van der Waals surface area contributed by atoms with Crippen molar-refractivity contribution in [1.29, 1.82) is 0 Å². The summed E-state index contributed by atoms with van der Waals surface area (Å²) in [6.45, 7) is 0.652. The van der Waals surface area contributed by atoms with Gasteiger partial charge in [0.1, 0.15) is 6.54 Å². The summed E-state index contributed by atoms with van der Waals surface area (Å²) in [5.74, 6) is 0.277. The summed E-state index contributed by atoms with van der Waals surface area (Å²) >= 11 is 1.10. The van der Waals surface area contributed by atoms with Crippen LogP contribution in [0.3, 0.4) is 0 Å². The maximum absolute atomic E-state index is 10.4. The fourth-order valence-corrected chi connectivity index (χ4v) is 2.00. The minimum atomic E-state index is -4.09. The summed E-state index contributed by atoms with van der Waals surface area (Å²) in [7, 11) is -4.09. The molecule has 0 amide bonds. The second kappa shape index (κ2) is 10.5. The molecule has 0 aliphatic rings. The van der Waals surface area contributed by atoms with Crippen LogP contribution in [0.1, 0.15) is 12.8 Å². The number of unbranched alkanes of at least 4 members (excludes halogenated alkanes) is 1. The van der Waals surface area contributed by atoms with Crippen LogP contribution in [0, 0.1) is 0 Å². The van der Waals surface area contributed by atoms with Gasteiger partial charge in [0.05, 0.1) is 10.1 Å². The van der Waals surface area contributed by atoms with Crippen molar-refractivity contribution in [3.8, 4) is 5.75 Å². The van der Waals surface area contributed by atoms with E-state index in [0.29, 0.717) is 25.1 Å². The van der Waals surface area contributed by atoms with Crippen LogP contribution >= 0.6 is 12.0 Å². The van der Waals surface area contributed by atoms with E-state index >= 15 is 0 Å². The summed E-state index contributed by atoms with van der Waals surface area (Å²) < 4.78 is 37.8. The van der Waals surface area contributed by atoms with Gasteiger partial charge in [-0.2, -0.15) is 0 Å². The molecule has 102 valence electrons. The molecular weight excluding hydrogens is 317 g/mol. The third kappa shape index (κ3) is 10.2. The minimum absolute atomic E-state index is 0. The third-order valence-electron chi connectivity index (χ3n) is 2.12. The molecule has 0 N–H and O–H groups in total. The molecule has 1 rings (SSSR count). The van der Waals surface area contributed by atoms with E-state index in [1.54, 1.807) is 30.8 Å². The van der Waals surface area contributed by atoms with Crippen molar-refractivity contribution in [3.05, 3.63) is 24.5 Å². The molecule has 0 aliphatic heterocycles. The first kappa shape index (κ1) is 19.8. The van der Waals surface area contributed by atoms with E-state index in [1.165, 1.54) is 0 Å². The smallest absolute Gasteiger partial charge is 0.748 e. The van der Waals surface area contributed by atoms with Crippen LogP contribution in [0.2, 0.25) is 0 Å². The Hall–Kier alpha value is 0.806. The number of pyridine rings is 1. The van der Waals surface area contributed by atoms with E-state index in [1.807, 2.05) is 4.57 Å². The topological polar surface area (TPSA) is 79.5 Å². The van der Waals surface area contributed by atoms with Gasteiger partial charge in [-0.05, 0) is 6.42 Å². The zero-order valence-electron chi connectivity index (χ0n) is 10.9. The number of aromatic nitrogens is 1. The van der Waals surface area contributed by atoms with Crippen LogP contribution in [-0.4, -0.2) is 25.0 Å². The van der Waals surface area contributed by atoms with Crippen LogP contribution in [-0.2, 0) is 21.0 Å². The Morgan fingerprint density at radius 3 is 2.47 bits per heavy atom. The van der Waals surface area contributed by atoms with E-state index in [2.05, 4.69) is 0 Å². The molecule has 0 bridgehead atoms. The van der Waals surface area contributed by atoms with Gasteiger partial charge in [0, 0.05) is 42.6 Å². The Morgan fingerprint density at radius 1 is 1.32 bits per heavy atom. The summed E-state index contributed by atoms with van der Waals surface area (Å²) in [4.78, 5) is 4.91. The maximum Gasteiger partial charge on any atom is 1.00 e. The molecule has 0 unspecified atom stereocenters. The van der Waals surface area contributed by atoms with Crippen molar-refractivity contribution in [2.45, 2.75) is 19.4 Å². The predicted octanol–water partition coefficient (Wildman–Crippen LogP) is -2.11. The number of rotatable bonds is 8. The molecule has 0 aromatic carbocycles. The first-order valence-electron chi connectivity index (χ1n) is 5.31. The van der Waals surface area contributed by atoms with E-state index in [9.17, 15) is 13.0 Å². The fraction of sp³-hybridized carbons (Fsp3) is 0.500. The van der Waals surface area contributed by atoms with Gasteiger partial charge in [-0.3, -0.25) is 0 Å². The number of hydrogen-bond donors (Lipinski definition) is 0. The summed E-state index contributed by atoms with van der Waals surface area (Å²) in [6, 6.07) is 3.47. The van der Waals surface area contributed by atoms with Gasteiger partial charge in [-0.1, -0.05) is 0 Å². The molecule has 0 saturated carbocycles. The Labute approximate surface area is 160 Å². The van der Waals surface area contributed by atoms with Crippen molar-refractivity contribution < 1.29 is 78.1 Å². The maximum atomic E-state index is 10.4. The zero-order valence-corrected chi connectivity index (χ0v) is 15.7. The number of hydrogen-bond acceptors (Lipinski definition) is 6. The molecule has 1 aromatic rings. The van der Waals surface area contributed by atoms with Crippen molar-refractivity contribution in [2.75, 3.05) is 12.0 Å². The molecule has 0 radical (unpaired) electrons. The minimum Gasteiger partial charge on any atom is -0.748 e. The first-order chi connectivity index (χ1) is 8.51. The molecule has 19 heavy (non-hydrogen) atoms. The molecule has 6 nitrogen and oxygen atoms in total. The molecule has 0 atom stereocenters. The van der Waals surface area contributed by atoms with Crippen molar-refractivity contribution in [3.63, 3.8) is 0 Å². The summed E-state index contributed by atoms with van der Waals surface area (Å²) in [5, 5.41) is 0. The van der Waals surface area contributed by atoms with Crippen molar-refractivity contribution >= 4 is 22.2 Å². The normalized spacial score (nSPS) is 10.8. The molecule has 9 heteroatoms. The van der Waals surface area contributed by atoms with Gasteiger partial charge in [-0.15, -0.1) is 4.33 Å². The van der Waals surface area contributed by atoms with Crippen LogP contribution < -0.4 is 60.8 Å². The second-order valence-electron chi connectivity index (χ2n) is 3.56. The van der Waals surface area contributed by atoms with Crippen LogP contribution in [0.15, 0.2) is 24.5 Å². The zero-order chi connectivity index (χ0) is 13.4. The quantitative estimate of drug-likeness (QED) is 0.103. The van der Waals surface area contributed by atoms with E-state index in [-0.39, 0.29) is 57.1 Å². The molecule has 0 spiro atoms. The standard InChI is InChI=1S/C10H15NO5S2.K/c1-17-16-15-10-4-7-11(8-5-10)6-2-3-9-18(12,13)14;/h4-5,7-8H,2-3,6,9H2,1H3;/q;+1. The Kier molecular flexibility index (Phi) is 11.0.